The van der Waals surface area contributed by atoms with Crippen molar-refractivity contribution in [2.75, 3.05) is 32.1 Å². The molecule has 0 spiro atoms. The van der Waals surface area contributed by atoms with Crippen molar-refractivity contribution in [1.82, 2.24) is 4.90 Å². The number of benzene rings is 1. The number of hydrogen-bond donors (Lipinski definition) is 1. The van der Waals surface area contributed by atoms with Crippen LogP contribution in [0.4, 0.5) is 5.69 Å². The first kappa shape index (κ1) is 13.7. The molecular weight excluding hydrogens is 240 g/mol. The third-order valence-electron chi connectivity index (χ3n) is 3.30. The smallest absolute Gasteiger partial charge is 0.257 e. The third-order valence-corrected chi connectivity index (χ3v) is 3.30. The van der Waals surface area contributed by atoms with Gasteiger partial charge in [-0.05, 0) is 24.5 Å². The molecule has 0 bridgehead atoms. The first-order valence-corrected chi connectivity index (χ1v) is 6.84. The second-order valence-corrected chi connectivity index (χ2v) is 5.37. The molecule has 19 heavy (non-hydrogen) atoms. The Bertz CT molecular complexity index is 457. The number of carbonyl (C=O) groups excluding carboxylic acids is 1. The number of rotatable bonds is 4. The van der Waals surface area contributed by atoms with Crippen LogP contribution in [0.25, 0.3) is 0 Å². The van der Waals surface area contributed by atoms with Crippen LogP contribution >= 0.6 is 0 Å². The van der Waals surface area contributed by atoms with Crippen LogP contribution in [-0.2, 0) is 0 Å². The minimum absolute atomic E-state index is 0.0289. The van der Waals surface area contributed by atoms with Crippen LogP contribution in [0.15, 0.2) is 18.2 Å². The summed E-state index contributed by atoms with van der Waals surface area (Å²) in [6.07, 6.45) is 1.01. The number of para-hydroxylation sites is 1. The Morgan fingerprint density at radius 2 is 2.26 bits per heavy atom. The van der Waals surface area contributed by atoms with Crippen LogP contribution in [0.2, 0.25) is 0 Å². The fourth-order valence-electron chi connectivity index (χ4n) is 2.10. The van der Waals surface area contributed by atoms with E-state index in [0.717, 1.165) is 25.2 Å². The van der Waals surface area contributed by atoms with E-state index in [9.17, 15) is 4.79 Å². The van der Waals surface area contributed by atoms with Crippen molar-refractivity contribution in [3.63, 3.8) is 0 Å². The van der Waals surface area contributed by atoms with E-state index in [4.69, 9.17) is 4.74 Å². The lowest BCUT2D eigenvalue weighted by Gasteiger charge is -2.24. The number of hydrogen-bond acceptors (Lipinski definition) is 3. The van der Waals surface area contributed by atoms with Crippen LogP contribution < -0.4 is 10.1 Å². The van der Waals surface area contributed by atoms with Gasteiger partial charge in [0.05, 0.1) is 11.3 Å². The van der Waals surface area contributed by atoms with Crippen LogP contribution in [0, 0.1) is 5.92 Å². The van der Waals surface area contributed by atoms with E-state index in [1.54, 1.807) is 4.90 Å². The van der Waals surface area contributed by atoms with Crippen molar-refractivity contribution < 1.29 is 9.53 Å². The van der Waals surface area contributed by atoms with E-state index >= 15 is 0 Å². The molecule has 0 aliphatic carbocycles. The summed E-state index contributed by atoms with van der Waals surface area (Å²) < 4.78 is 5.64. The highest BCUT2D eigenvalue weighted by Gasteiger charge is 2.21. The molecule has 0 radical (unpaired) electrons. The predicted molar refractivity (Wildman–Crippen MR) is 76.8 cm³/mol. The number of nitrogens with zero attached hydrogens (tertiary/aromatic N) is 1. The van der Waals surface area contributed by atoms with Gasteiger partial charge in [0.25, 0.3) is 5.91 Å². The average molecular weight is 262 g/mol. The van der Waals surface area contributed by atoms with Gasteiger partial charge in [0.1, 0.15) is 6.61 Å². The number of amides is 1. The first-order valence-electron chi connectivity index (χ1n) is 6.84. The predicted octanol–water partition coefficient (Wildman–Crippen LogP) is 2.61. The minimum Gasteiger partial charge on any atom is -0.489 e. The van der Waals surface area contributed by atoms with Crippen molar-refractivity contribution in [2.45, 2.75) is 20.3 Å². The molecule has 2 rings (SSSR count). The van der Waals surface area contributed by atoms with Gasteiger partial charge in [0.2, 0.25) is 0 Å². The lowest BCUT2D eigenvalue weighted by atomic mass is 10.1. The summed E-state index contributed by atoms with van der Waals surface area (Å²) in [4.78, 5) is 14.2. The molecule has 1 amide bonds. The number of carbonyl (C=O) groups is 1. The van der Waals surface area contributed by atoms with Gasteiger partial charge in [-0.3, -0.25) is 4.79 Å². The highest BCUT2D eigenvalue weighted by atomic mass is 16.5. The minimum atomic E-state index is 0.0289. The number of nitrogens with one attached hydrogen (secondary N) is 1. The Morgan fingerprint density at radius 1 is 1.47 bits per heavy atom. The molecule has 0 unspecified atom stereocenters. The number of anilines is 1. The molecule has 0 aromatic heterocycles. The van der Waals surface area contributed by atoms with E-state index in [1.165, 1.54) is 0 Å². The molecule has 1 aliphatic heterocycles. The molecular formula is C15H22N2O2. The third kappa shape index (κ3) is 3.19. The average Bonchev–Trinajstić information content (AvgIpc) is 2.43. The van der Waals surface area contributed by atoms with E-state index in [0.29, 0.717) is 23.8 Å². The summed E-state index contributed by atoms with van der Waals surface area (Å²) >= 11 is 0. The van der Waals surface area contributed by atoms with E-state index in [2.05, 4.69) is 19.2 Å². The molecule has 0 saturated carbocycles. The number of ether oxygens (including phenoxy) is 1. The zero-order valence-corrected chi connectivity index (χ0v) is 11.9. The molecule has 1 N–H and O–H groups in total. The SMILES string of the molecule is CC(C)CCN(C)C(=O)c1cccc2c1OCCN2. The number of fused-ring (bicyclic) bond motifs is 1. The van der Waals surface area contributed by atoms with Crippen LogP contribution in [0.5, 0.6) is 5.75 Å². The molecule has 0 fully saturated rings. The van der Waals surface area contributed by atoms with Crippen molar-refractivity contribution >= 4 is 11.6 Å². The molecule has 1 heterocycles. The first-order chi connectivity index (χ1) is 9.09. The second kappa shape index (κ2) is 5.95. The summed E-state index contributed by atoms with van der Waals surface area (Å²) in [5.41, 5.74) is 1.56. The maximum Gasteiger partial charge on any atom is 0.257 e. The van der Waals surface area contributed by atoms with Gasteiger partial charge in [0, 0.05) is 20.1 Å². The normalized spacial score (nSPS) is 13.5. The molecule has 1 aliphatic rings. The van der Waals surface area contributed by atoms with Crippen LogP contribution in [0.3, 0.4) is 0 Å². The van der Waals surface area contributed by atoms with Crippen LogP contribution in [-0.4, -0.2) is 37.6 Å². The maximum atomic E-state index is 12.4. The summed E-state index contributed by atoms with van der Waals surface area (Å²) in [7, 11) is 1.85. The summed E-state index contributed by atoms with van der Waals surface area (Å²) in [6, 6.07) is 5.67. The molecule has 1 aromatic rings. The Kier molecular flexibility index (Phi) is 4.30. The molecule has 1 aromatic carbocycles. The Hall–Kier alpha value is -1.71. The molecule has 0 saturated heterocycles. The lowest BCUT2D eigenvalue weighted by Crippen LogP contribution is -2.30. The van der Waals surface area contributed by atoms with E-state index < -0.39 is 0 Å². The Balaban J connectivity index is 2.15. The van der Waals surface area contributed by atoms with Crippen molar-refractivity contribution in [1.29, 1.82) is 0 Å². The van der Waals surface area contributed by atoms with Crippen molar-refractivity contribution in [3.8, 4) is 5.75 Å². The highest BCUT2D eigenvalue weighted by molar-refractivity contribution is 5.98. The zero-order chi connectivity index (χ0) is 13.8. The fraction of sp³-hybridized carbons (Fsp3) is 0.533. The van der Waals surface area contributed by atoms with Crippen molar-refractivity contribution in [2.24, 2.45) is 5.92 Å². The largest absolute Gasteiger partial charge is 0.489 e. The quantitative estimate of drug-likeness (QED) is 0.907. The van der Waals surface area contributed by atoms with Gasteiger partial charge in [-0.25, -0.2) is 0 Å². The molecule has 104 valence electrons. The maximum absolute atomic E-state index is 12.4. The van der Waals surface area contributed by atoms with Gasteiger partial charge in [-0.2, -0.15) is 0 Å². The van der Waals surface area contributed by atoms with E-state index in [1.807, 2.05) is 25.2 Å². The highest BCUT2D eigenvalue weighted by Crippen LogP contribution is 2.31. The monoisotopic (exact) mass is 262 g/mol. The summed E-state index contributed by atoms with van der Waals surface area (Å²) in [5.74, 6) is 1.31. The molecule has 4 nitrogen and oxygen atoms in total. The van der Waals surface area contributed by atoms with Crippen LogP contribution in [0.1, 0.15) is 30.6 Å². The summed E-state index contributed by atoms with van der Waals surface area (Å²) in [5, 5.41) is 3.25. The summed E-state index contributed by atoms with van der Waals surface area (Å²) in [6.45, 7) is 6.49. The van der Waals surface area contributed by atoms with Gasteiger partial charge in [-0.15, -0.1) is 0 Å². The fourth-order valence-corrected chi connectivity index (χ4v) is 2.10. The van der Waals surface area contributed by atoms with Gasteiger partial charge in [0.15, 0.2) is 5.75 Å². The van der Waals surface area contributed by atoms with Gasteiger partial charge < -0.3 is 15.0 Å². The zero-order valence-electron chi connectivity index (χ0n) is 11.9. The molecule has 4 heteroatoms. The van der Waals surface area contributed by atoms with Gasteiger partial charge in [-0.1, -0.05) is 19.9 Å². The Morgan fingerprint density at radius 3 is 3.00 bits per heavy atom. The topological polar surface area (TPSA) is 41.6 Å². The standard InChI is InChI=1S/C15H22N2O2/c1-11(2)7-9-17(3)15(18)12-5-4-6-13-14(12)19-10-8-16-13/h4-6,11,16H,7-10H2,1-3H3. The van der Waals surface area contributed by atoms with Gasteiger partial charge >= 0.3 is 0 Å². The van der Waals surface area contributed by atoms with E-state index in [-0.39, 0.29) is 5.91 Å². The van der Waals surface area contributed by atoms with Crippen molar-refractivity contribution in [3.05, 3.63) is 23.8 Å². The lowest BCUT2D eigenvalue weighted by molar-refractivity contribution is 0.0784. The second-order valence-electron chi connectivity index (χ2n) is 5.37. The Labute approximate surface area is 114 Å². The molecule has 0 atom stereocenters.